The Labute approximate surface area is 135 Å². The van der Waals surface area contributed by atoms with Gasteiger partial charge >= 0.3 is 0 Å². The first-order chi connectivity index (χ1) is 10.8. The summed E-state index contributed by atoms with van der Waals surface area (Å²) in [4.78, 5) is 25.9. The maximum Gasteiger partial charge on any atom is 0.253 e. The number of nitrogens with two attached hydrogens (primary N) is 1. The molecule has 23 heavy (non-hydrogen) atoms. The molecule has 7 nitrogen and oxygen atoms in total. The van der Waals surface area contributed by atoms with Crippen LogP contribution < -0.4 is 15.4 Å². The zero-order chi connectivity index (χ0) is 17.0. The van der Waals surface area contributed by atoms with E-state index >= 15 is 0 Å². The first-order valence-electron chi connectivity index (χ1n) is 7.50. The second kappa shape index (κ2) is 7.10. The monoisotopic (exact) mass is 339 g/mol. The van der Waals surface area contributed by atoms with E-state index in [9.17, 15) is 18.0 Å². The van der Waals surface area contributed by atoms with E-state index < -0.39 is 10.0 Å². The van der Waals surface area contributed by atoms with Gasteiger partial charge in [-0.1, -0.05) is 19.1 Å². The summed E-state index contributed by atoms with van der Waals surface area (Å²) in [5.74, 6) is -1.04. The Morgan fingerprint density at radius 3 is 2.74 bits per heavy atom. The largest absolute Gasteiger partial charge is 0.352 e. The number of benzene rings is 1. The molecule has 3 N–H and O–H groups in total. The lowest BCUT2D eigenvalue weighted by atomic mass is 10.1. The van der Waals surface area contributed by atoms with E-state index in [4.69, 9.17) is 5.14 Å². The standard InChI is InChI=1S/C15H21N3O4S/c1-2-7-17-15(20)12-5-3-4-6-13(12)18-9-11(8-14(18)19)10-23(16,21)22/h3-6,11H,2,7-10H2,1H3,(H,17,20)(H2,16,21,22). The van der Waals surface area contributed by atoms with Gasteiger partial charge in [0.05, 0.1) is 17.0 Å². The quantitative estimate of drug-likeness (QED) is 0.785. The van der Waals surface area contributed by atoms with E-state index in [-0.39, 0.29) is 36.5 Å². The highest BCUT2D eigenvalue weighted by atomic mass is 32.2. The molecular weight excluding hydrogens is 318 g/mol. The van der Waals surface area contributed by atoms with Crippen molar-refractivity contribution in [2.75, 3.05) is 23.7 Å². The fourth-order valence-corrected chi connectivity index (χ4v) is 3.57. The number of nitrogens with one attached hydrogen (secondary N) is 1. The lowest BCUT2D eigenvalue weighted by molar-refractivity contribution is -0.117. The zero-order valence-electron chi connectivity index (χ0n) is 13.0. The van der Waals surface area contributed by atoms with Crippen molar-refractivity contribution < 1.29 is 18.0 Å². The van der Waals surface area contributed by atoms with Gasteiger partial charge in [-0.15, -0.1) is 0 Å². The van der Waals surface area contributed by atoms with E-state index in [1.54, 1.807) is 24.3 Å². The fraction of sp³-hybridized carbons (Fsp3) is 0.467. The van der Waals surface area contributed by atoms with Crippen LogP contribution in [0.4, 0.5) is 5.69 Å². The van der Waals surface area contributed by atoms with Gasteiger partial charge in [0.1, 0.15) is 0 Å². The van der Waals surface area contributed by atoms with Gasteiger partial charge in [-0.25, -0.2) is 13.6 Å². The SMILES string of the molecule is CCCNC(=O)c1ccccc1N1CC(CS(N)(=O)=O)CC1=O. The van der Waals surface area contributed by atoms with Crippen LogP contribution in [-0.4, -0.2) is 39.1 Å². The predicted molar refractivity (Wildman–Crippen MR) is 87.5 cm³/mol. The van der Waals surface area contributed by atoms with E-state index in [1.165, 1.54) is 4.90 Å². The Balaban J connectivity index is 2.22. The lowest BCUT2D eigenvalue weighted by Gasteiger charge is -2.20. The van der Waals surface area contributed by atoms with Crippen LogP contribution in [0, 0.1) is 5.92 Å². The third-order valence-electron chi connectivity index (χ3n) is 3.65. The maximum absolute atomic E-state index is 12.2. The van der Waals surface area contributed by atoms with Crippen molar-refractivity contribution in [1.82, 2.24) is 5.32 Å². The second-order valence-corrected chi connectivity index (χ2v) is 7.34. The van der Waals surface area contributed by atoms with Crippen LogP contribution in [0.3, 0.4) is 0 Å². The first-order valence-corrected chi connectivity index (χ1v) is 9.21. The molecule has 2 amide bonds. The van der Waals surface area contributed by atoms with Crippen LogP contribution in [-0.2, 0) is 14.8 Å². The van der Waals surface area contributed by atoms with E-state index in [2.05, 4.69) is 5.32 Å². The summed E-state index contributed by atoms with van der Waals surface area (Å²) in [5, 5.41) is 7.84. The number of primary sulfonamides is 1. The predicted octanol–water partition coefficient (Wildman–Crippen LogP) is 0.468. The molecule has 0 aromatic heterocycles. The first kappa shape index (κ1) is 17.4. The van der Waals surface area contributed by atoms with Crippen molar-refractivity contribution in [3.63, 3.8) is 0 Å². The number of carbonyl (C=O) groups is 2. The molecule has 0 saturated carbocycles. The van der Waals surface area contributed by atoms with Gasteiger partial charge in [0.2, 0.25) is 15.9 Å². The van der Waals surface area contributed by atoms with Gasteiger partial charge in [-0.05, 0) is 18.6 Å². The van der Waals surface area contributed by atoms with Gasteiger partial charge in [-0.3, -0.25) is 9.59 Å². The van der Waals surface area contributed by atoms with Gasteiger partial charge in [0.25, 0.3) is 5.91 Å². The summed E-state index contributed by atoms with van der Waals surface area (Å²) >= 11 is 0. The number of anilines is 1. The number of nitrogens with zero attached hydrogens (tertiary/aromatic N) is 1. The summed E-state index contributed by atoms with van der Waals surface area (Å²) in [6.45, 7) is 2.75. The van der Waals surface area contributed by atoms with Crippen LogP contribution in [0.5, 0.6) is 0 Å². The minimum Gasteiger partial charge on any atom is -0.352 e. The van der Waals surface area contributed by atoms with Gasteiger partial charge in [0, 0.05) is 25.4 Å². The van der Waals surface area contributed by atoms with Crippen LogP contribution in [0.15, 0.2) is 24.3 Å². The van der Waals surface area contributed by atoms with Crippen molar-refractivity contribution in [3.05, 3.63) is 29.8 Å². The third-order valence-corrected chi connectivity index (χ3v) is 4.58. The molecule has 0 bridgehead atoms. The molecule has 126 valence electrons. The van der Waals surface area contributed by atoms with Gasteiger partial charge in [-0.2, -0.15) is 0 Å². The molecule has 1 saturated heterocycles. The van der Waals surface area contributed by atoms with Crippen LogP contribution in [0.1, 0.15) is 30.1 Å². The Kier molecular flexibility index (Phi) is 5.38. The molecular formula is C15H21N3O4S. The van der Waals surface area contributed by atoms with E-state index in [0.29, 0.717) is 17.8 Å². The molecule has 2 rings (SSSR count). The summed E-state index contributed by atoms with van der Waals surface area (Å²) in [6.07, 6.45) is 0.925. The molecule has 1 aliphatic heterocycles. The van der Waals surface area contributed by atoms with Crippen LogP contribution >= 0.6 is 0 Å². The molecule has 8 heteroatoms. The lowest BCUT2D eigenvalue weighted by Crippen LogP contribution is -2.31. The van der Waals surface area contributed by atoms with Crippen LogP contribution in [0.2, 0.25) is 0 Å². The second-order valence-electron chi connectivity index (χ2n) is 5.68. The molecule has 1 atom stereocenters. The highest BCUT2D eigenvalue weighted by Gasteiger charge is 2.34. The molecule has 1 unspecified atom stereocenters. The molecule has 1 heterocycles. The number of sulfonamides is 1. The number of carbonyl (C=O) groups excluding carboxylic acids is 2. The molecule has 1 aromatic rings. The van der Waals surface area contributed by atoms with E-state index in [1.807, 2.05) is 6.92 Å². The van der Waals surface area contributed by atoms with E-state index in [0.717, 1.165) is 6.42 Å². The average Bonchev–Trinajstić information content (AvgIpc) is 2.83. The van der Waals surface area contributed by atoms with Gasteiger partial charge in [0.15, 0.2) is 0 Å². The van der Waals surface area contributed by atoms with Crippen molar-refractivity contribution in [1.29, 1.82) is 0 Å². The van der Waals surface area contributed by atoms with Crippen molar-refractivity contribution in [3.8, 4) is 0 Å². The maximum atomic E-state index is 12.2. The number of rotatable bonds is 6. The zero-order valence-corrected chi connectivity index (χ0v) is 13.8. The third kappa shape index (κ3) is 4.52. The summed E-state index contributed by atoms with van der Waals surface area (Å²) in [5.41, 5.74) is 0.911. The Hall–Kier alpha value is -1.93. The molecule has 1 fully saturated rings. The average molecular weight is 339 g/mol. The minimum atomic E-state index is -3.63. The smallest absolute Gasteiger partial charge is 0.253 e. The number of hydrogen-bond acceptors (Lipinski definition) is 4. The van der Waals surface area contributed by atoms with Crippen molar-refractivity contribution in [2.45, 2.75) is 19.8 Å². The Morgan fingerprint density at radius 1 is 1.39 bits per heavy atom. The Bertz CT molecular complexity index is 702. The number of amides is 2. The molecule has 1 aliphatic rings. The normalized spacial score (nSPS) is 18.3. The summed E-state index contributed by atoms with van der Waals surface area (Å²) < 4.78 is 22.4. The summed E-state index contributed by atoms with van der Waals surface area (Å²) in [7, 11) is -3.63. The Morgan fingerprint density at radius 2 is 2.09 bits per heavy atom. The number of para-hydroxylation sites is 1. The highest BCUT2D eigenvalue weighted by molar-refractivity contribution is 7.89. The summed E-state index contributed by atoms with van der Waals surface area (Å²) in [6, 6.07) is 6.82. The molecule has 1 aromatic carbocycles. The highest BCUT2D eigenvalue weighted by Crippen LogP contribution is 2.28. The topological polar surface area (TPSA) is 110 Å². The molecule has 0 spiro atoms. The van der Waals surface area contributed by atoms with Crippen LogP contribution in [0.25, 0.3) is 0 Å². The van der Waals surface area contributed by atoms with Crippen molar-refractivity contribution in [2.24, 2.45) is 11.1 Å². The van der Waals surface area contributed by atoms with Crippen molar-refractivity contribution >= 4 is 27.5 Å². The number of hydrogen-bond donors (Lipinski definition) is 2. The minimum absolute atomic E-state index is 0.112. The molecule has 0 aliphatic carbocycles. The van der Waals surface area contributed by atoms with Gasteiger partial charge < -0.3 is 10.2 Å². The molecule has 0 radical (unpaired) electrons. The fourth-order valence-electron chi connectivity index (χ4n) is 2.69.